The lowest BCUT2D eigenvalue weighted by Gasteiger charge is -2.25. The highest BCUT2D eigenvalue weighted by molar-refractivity contribution is 6.31. The summed E-state index contributed by atoms with van der Waals surface area (Å²) in [5.41, 5.74) is 2.03. The van der Waals surface area contributed by atoms with E-state index in [1.165, 1.54) is 0 Å². The summed E-state index contributed by atoms with van der Waals surface area (Å²) in [6.07, 6.45) is 0. The fourth-order valence-electron chi connectivity index (χ4n) is 2.64. The third-order valence-corrected chi connectivity index (χ3v) is 4.33. The molecule has 110 valence electrons. The Labute approximate surface area is 122 Å². The number of hydrogen-bond donors (Lipinski definition) is 1. The molecule has 0 saturated heterocycles. The fourth-order valence-corrected chi connectivity index (χ4v) is 2.84. The molecule has 0 fully saturated rings. The van der Waals surface area contributed by atoms with Gasteiger partial charge in [-0.2, -0.15) is 5.10 Å². The van der Waals surface area contributed by atoms with Crippen LogP contribution in [0.25, 0.3) is 0 Å². The molecule has 4 heteroatoms. The lowest BCUT2D eigenvalue weighted by atomic mass is 9.85. The Morgan fingerprint density at radius 2 is 1.79 bits per heavy atom. The summed E-state index contributed by atoms with van der Waals surface area (Å²) in [5, 5.41) is 8.79. The zero-order chi connectivity index (χ0) is 14.6. The zero-order valence-electron chi connectivity index (χ0n) is 13.1. The number of nitrogens with zero attached hydrogens (tertiary/aromatic N) is 2. The van der Waals surface area contributed by atoms with Gasteiger partial charge in [0.15, 0.2) is 0 Å². The maximum absolute atomic E-state index is 6.31. The highest BCUT2D eigenvalue weighted by Crippen LogP contribution is 2.22. The predicted molar refractivity (Wildman–Crippen MR) is 82.5 cm³/mol. The molecule has 0 bridgehead atoms. The summed E-state index contributed by atoms with van der Waals surface area (Å²) in [4.78, 5) is 0. The Kier molecular flexibility index (Phi) is 6.34. The van der Waals surface area contributed by atoms with Crippen LogP contribution >= 0.6 is 11.6 Å². The monoisotopic (exact) mass is 285 g/mol. The molecule has 0 aliphatic carbocycles. The van der Waals surface area contributed by atoms with Gasteiger partial charge in [0.05, 0.1) is 16.4 Å². The van der Waals surface area contributed by atoms with Crippen molar-refractivity contribution in [3.05, 3.63) is 16.4 Å². The van der Waals surface area contributed by atoms with Gasteiger partial charge in [0.1, 0.15) is 0 Å². The SMILES string of the molecule is CCn1nc(C)c(Cl)c1CNCC(C(C)C)C(C)C. The maximum Gasteiger partial charge on any atom is 0.0860 e. The summed E-state index contributed by atoms with van der Waals surface area (Å²) >= 11 is 6.31. The van der Waals surface area contributed by atoms with Crippen LogP contribution in [0.3, 0.4) is 0 Å². The smallest absolute Gasteiger partial charge is 0.0860 e. The molecule has 0 amide bonds. The lowest BCUT2D eigenvalue weighted by molar-refractivity contribution is 0.274. The first kappa shape index (κ1) is 16.5. The zero-order valence-corrected chi connectivity index (χ0v) is 13.9. The molecule has 0 unspecified atom stereocenters. The summed E-state index contributed by atoms with van der Waals surface area (Å²) in [6.45, 7) is 15.9. The molecule has 1 aromatic rings. The largest absolute Gasteiger partial charge is 0.311 e. The van der Waals surface area contributed by atoms with Crippen LogP contribution in [-0.4, -0.2) is 16.3 Å². The van der Waals surface area contributed by atoms with Gasteiger partial charge in [0.2, 0.25) is 0 Å². The Morgan fingerprint density at radius 1 is 1.21 bits per heavy atom. The highest BCUT2D eigenvalue weighted by Gasteiger charge is 2.18. The topological polar surface area (TPSA) is 29.9 Å². The normalized spacial score (nSPS) is 12.1. The van der Waals surface area contributed by atoms with Gasteiger partial charge >= 0.3 is 0 Å². The van der Waals surface area contributed by atoms with Crippen molar-refractivity contribution in [1.29, 1.82) is 0 Å². The third-order valence-electron chi connectivity index (χ3n) is 3.84. The van der Waals surface area contributed by atoms with Crippen molar-refractivity contribution >= 4 is 11.6 Å². The van der Waals surface area contributed by atoms with Crippen molar-refractivity contribution in [2.75, 3.05) is 6.54 Å². The summed E-state index contributed by atoms with van der Waals surface area (Å²) in [7, 11) is 0. The van der Waals surface area contributed by atoms with Crippen molar-refractivity contribution in [1.82, 2.24) is 15.1 Å². The van der Waals surface area contributed by atoms with Gasteiger partial charge < -0.3 is 5.32 Å². The van der Waals surface area contributed by atoms with Crippen LogP contribution in [0.2, 0.25) is 5.02 Å². The van der Waals surface area contributed by atoms with Gasteiger partial charge in [0, 0.05) is 13.1 Å². The highest BCUT2D eigenvalue weighted by atomic mass is 35.5. The first-order chi connectivity index (χ1) is 8.88. The quantitative estimate of drug-likeness (QED) is 0.824. The number of rotatable bonds is 7. The molecule has 0 aromatic carbocycles. The Morgan fingerprint density at radius 3 is 2.26 bits per heavy atom. The van der Waals surface area contributed by atoms with E-state index >= 15 is 0 Å². The number of hydrogen-bond acceptors (Lipinski definition) is 2. The molecule has 0 aliphatic heterocycles. The van der Waals surface area contributed by atoms with E-state index in [4.69, 9.17) is 11.6 Å². The summed E-state index contributed by atoms with van der Waals surface area (Å²) in [5.74, 6) is 2.08. The number of nitrogens with one attached hydrogen (secondary N) is 1. The molecule has 1 aromatic heterocycles. The first-order valence-corrected chi connectivity index (χ1v) is 7.68. The average Bonchev–Trinajstić information content (AvgIpc) is 2.60. The fraction of sp³-hybridized carbons (Fsp3) is 0.800. The van der Waals surface area contributed by atoms with Gasteiger partial charge in [0.25, 0.3) is 0 Å². The second-order valence-electron chi connectivity index (χ2n) is 5.94. The van der Waals surface area contributed by atoms with E-state index in [-0.39, 0.29) is 0 Å². The second kappa shape index (κ2) is 7.30. The van der Waals surface area contributed by atoms with Crippen LogP contribution < -0.4 is 5.32 Å². The van der Waals surface area contributed by atoms with E-state index in [1.54, 1.807) is 0 Å². The minimum atomic E-state index is 0.692. The Bertz CT molecular complexity index is 388. The van der Waals surface area contributed by atoms with Gasteiger partial charge in [-0.15, -0.1) is 0 Å². The molecule has 1 rings (SSSR count). The van der Waals surface area contributed by atoms with E-state index in [9.17, 15) is 0 Å². The first-order valence-electron chi connectivity index (χ1n) is 7.30. The molecule has 1 heterocycles. The van der Waals surface area contributed by atoms with Crippen LogP contribution in [0, 0.1) is 24.7 Å². The van der Waals surface area contributed by atoms with E-state index < -0.39 is 0 Å². The van der Waals surface area contributed by atoms with E-state index in [1.807, 2.05) is 11.6 Å². The summed E-state index contributed by atoms with van der Waals surface area (Å²) in [6, 6.07) is 0. The van der Waals surface area contributed by atoms with Crippen LogP contribution in [0.4, 0.5) is 0 Å². The standard InChI is InChI=1S/C15H28ClN3/c1-7-19-14(15(16)12(6)18-19)9-17-8-13(10(2)3)11(4)5/h10-11,13,17H,7-9H2,1-6H3. The molecule has 0 aliphatic rings. The van der Waals surface area contributed by atoms with E-state index in [0.29, 0.717) is 17.8 Å². The van der Waals surface area contributed by atoms with Gasteiger partial charge in [-0.25, -0.2) is 0 Å². The molecular formula is C15H28ClN3. The Balaban J connectivity index is 2.62. The molecule has 19 heavy (non-hydrogen) atoms. The van der Waals surface area contributed by atoms with Crippen LogP contribution in [0.5, 0.6) is 0 Å². The predicted octanol–water partition coefficient (Wildman–Crippen LogP) is 3.88. The van der Waals surface area contributed by atoms with Crippen molar-refractivity contribution in [3.63, 3.8) is 0 Å². The maximum atomic E-state index is 6.31. The van der Waals surface area contributed by atoms with Gasteiger partial charge in [-0.3, -0.25) is 4.68 Å². The van der Waals surface area contributed by atoms with Crippen LogP contribution in [0.15, 0.2) is 0 Å². The Hall–Kier alpha value is -0.540. The average molecular weight is 286 g/mol. The molecule has 1 N–H and O–H groups in total. The number of aryl methyl sites for hydroxylation is 2. The van der Waals surface area contributed by atoms with E-state index in [2.05, 4.69) is 45.0 Å². The molecule has 0 radical (unpaired) electrons. The van der Waals surface area contributed by atoms with Crippen molar-refractivity contribution < 1.29 is 0 Å². The minimum Gasteiger partial charge on any atom is -0.311 e. The van der Waals surface area contributed by atoms with Crippen molar-refractivity contribution in [3.8, 4) is 0 Å². The second-order valence-corrected chi connectivity index (χ2v) is 6.32. The third kappa shape index (κ3) is 4.22. The summed E-state index contributed by atoms with van der Waals surface area (Å²) < 4.78 is 1.99. The number of aromatic nitrogens is 2. The molecule has 0 atom stereocenters. The molecule has 0 spiro atoms. The molecular weight excluding hydrogens is 258 g/mol. The van der Waals surface area contributed by atoms with Gasteiger partial charge in [-0.1, -0.05) is 39.3 Å². The van der Waals surface area contributed by atoms with Crippen molar-refractivity contribution in [2.45, 2.75) is 54.6 Å². The molecule has 0 saturated carbocycles. The number of halogens is 1. The molecule has 3 nitrogen and oxygen atoms in total. The van der Waals surface area contributed by atoms with Crippen LogP contribution in [-0.2, 0) is 13.1 Å². The van der Waals surface area contributed by atoms with E-state index in [0.717, 1.165) is 36.0 Å². The minimum absolute atomic E-state index is 0.692. The van der Waals surface area contributed by atoms with Gasteiger partial charge in [-0.05, 0) is 38.1 Å². The van der Waals surface area contributed by atoms with Crippen LogP contribution in [0.1, 0.15) is 46.0 Å². The van der Waals surface area contributed by atoms with Crippen molar-refractivity contribution in [2.24, 2.45) is 17.8 Å². The lowest BCUT2D eigenvalue weighted by Crippen LogP contribution is -2.30.